The van der Waals surface area contributed by atoms with Crippen molar-refractivity contribution in [1.82, 2.24) is 19.4 Å². The van der Waals surface area contributed by atoms with E-state index in [0.29, 0.717) is 26.3 Å². The molecule has 6 nitrogen and oxygen atoms in total. The van der Waals surface area contributed by atoms with Crippen molar-refractivity contribution in [2.75, 3.05) is 39.4 Å². The molecule has 0 radical (unpaired) electrons. The van der Waals surface area contributed by atoms with Crippen molar-refractivity contribution in [3.05, 3.63) is 18.2 Å². The van der Waals surface area contributed by atoms with Crippen LogP contribution in [0.15, 0.2) is 12.5 Å². The van der Waals surface area contributed by atoms with Crippen molar-refractivity contribution >= 4 is 5.91 Å². The fourth-order valence-corrected chi connectivity index (χ4v) is 4.43. The third kappa shape index (κ3) is 3.35. The minimum absolute atomic E-state index is 0.127. The van der Waals surface area contributed by atoms with Crippen LogP contribution in [0.4, 0.5) is 0 Å². The average Bonchev–Trinajstić information content (AvgIpc) is 3.10. The topological polar surface area (TPSA) is 50.6 Å². The van der Waals surface area contributed by atoms with E-state index < -0.39 is 0 Å². The molecule has 0 N–H and O–H groups in total. The van der Waals surface area contributed by atoms with Gasteiger partial charge in [0.2, 0.25) is 5.91 Å². The molecule has 1 aliphatic carbocycles. The molecule has 1 saturated heterocycles. The Kier molecular flexibility index (Phi) is 4.85. The highest BCUT2D eigenvalue weighted by Crippen LogP contribution is 2.28. The molecule has 1 aromatic heterocycles. The Balaban J connectivity index is 1.47. The lowest BCUT2D eigenvalue weighted by atomic mass is 9.88. The van der Waals surface area contributed by atoms with Gasteiger partial charge in [-0.25, -0.2) is 4.98 Å². The van der Waals surface area contributed by atoms with Gasteiger partial charge in [-0.2, -0.15) is 0 Å². The van der Waals surface area contributed by atoms with E-state index in [4.69, 9.17) is 4.74 Å². The SMILES string of the molecule is O=C(C1CN(CC2CCCCC2)Cc2cncn21)N1CCOCC1. The summed E-state index contributed by atoms with van der Waals surface area (Å²) in [5.74, 6) is 1.03. The van der Waals surface area contributed by atoms with Crippen LogP contribution in [0.25, 0.3) is 0 Å². The van der Waals surface area contributed by atoms with Gasteiger partial charge in [0.25, 0.3) is 0 Å². The van der Waals surface area contributed by atoms with E-state index >= 15 is 0 Å². The van der Waals surface area contributed by atoms with Crippen molar-refractivity contribution in [3.8, 4) is 0 Å². The Morgan fingerprint density at radius 3 is 2.79 bits per heavy atom. The van der Waals surface area contributed by atoms with Crippen molar-refractivity contribution in [3.63, 3.8) is 0 Å². The van der Waals surface area contributed by atoms with Gasteiger partial charge < -0.3 is 14.2 Å². The molecule has 24 heavy (non-hydrogen) atoms. The maximum Gasteiger partial charge on any atom is 0.247 e. The lowest BCUT2D eigenvalue weighted by Gasteiger charge is -2.39. The molecule has 0 aromatic carbocycles. The molecule has 4 rings (SSSR count). The lowest BCUT2D eigenvalue weighted by Crippen LogP contribution is -2.49. The zero-order chi connectivity index (χ0) is 16.4. The zero-order valence-corrected chi connectivity index (χ0v) is 14.4. The molecule has 1 unspecified atom stereocenters. The minimum Gasteiger partial charge on any atom is -0.378 e. The van der Waals surface area contributed by atoms with Crippen molar-refractivity contribution in [2.45, 2.75) is 44.7 Å². The standard InChI is InChI=1S/C18H28N4O2/c23-18(21-6-8-24-9-7-21)17-13-20(11-15-4-2-1-3-5-15)12-16-10-19-14-22(16)17/h10,14-15,17H,1-9,11-13H2. The molecule has 132 valence electrons. The number of fused-ring (bicyclic) bond motifs is 1. The molecule has 0 spiro atoms. The summed E-state index contributed by atoms with van der Waals surface area (Å²) in [6.07, 6.45) is 10.6. The quantitative estimate of drug-likeness (QED) is 0.845. The first-order valence-electron chi connectivity index (χ1n) is 9.41. The molecule has 2 fully saturated rings. The van der Waals surface area contributed by atoms with E-state index in [1.807, 2.05) is 17.4 Å². The normalized spacial score (nSPS) is 26.3. The summed E-state index contributed by atoms with van der Waals surface area (Å²) < 4.78 is 7.48. The van der Waals surface area contributed by atoms with E-state index in [1.165, 1.54) is 37.8 Å². The highest BCUT2D eigenvalue weighted by Gasteiger charge is 2.34. The molecular weight excluding hydrogens is 304 g/mol. The van der Waals surface area contributed by atoms with Gasteiger partial charge in [0.1, 0.15) is 6.04 Å². The monoisotopic (exact) mass is 332 g/mol. The molecule has 6 heteroatoms. The molecular formula is C18H28N4O2. The molecule has 0 bridgehead atoms. The summed E-state index contributed by atoms with van der Waals surface area (Å²) in [4.78, 5) is 21.8. The maximum atomic E-state index is 13.0. The number of aromatic nitrogens is 2. The van der Waals surface area contributed by atoms with Crippen LogP contribution in [-0.2, 0) is 16.1 Å². The zero-order valence-electron chi connectivity index (χ0n) is 14.4. The minimum atomic E-state index is -0.127. The van der Waals surface area contributed by atoms with Crippen LogP contribution in [0.2, 0.25) is 0 Å². The first-order valence-corrected chi connectivity index (χ1v) is 9.41. The van der Waals surface area contributed by atoms with Crippen LogP contribution in [0.5, 0.6) is 0 Å². The van der Waals surface area contributed by atoms with E-state index in [1.54, 1.807) is 0 Å². The fraction of sp³-hybridized carbons (Fsp3) is 0.778. The van der Waals surface area contributed by atoms with Gasteiger partial charge in [-0.3, -0.25) is 9.69 Å². The smallest absolute Gasteiger partial charge is 0.247 e. The molecule has 1 aromatic rings. The van der Waals surface area contributed by atoms with Crippen LogP contribution in [-0.4, -0.2) is 64.7 Å². The Bertz CT molecular complexity index is 561. The highest BCUT2D eigenvalue weighted by atomic mass is 16.5. The Morgan fingerprint density at radius 2 is 2.00 bits per heavy atom. The van der Waals surface area contributed by atoms with Gasteiger partial charge in [-0.1, -0.05) is 19.3 Å². The lowest BCUT2D eigenvalue weighted by molar-refractivity contribution is -0.140. The third-order valence-corrected chi connectivity index (χ3v) is 5.75. The summed E-state index contributed by atoms with van der Waals surface area (Å²) >= 11 is 0. The van der Waals surface area contributed by atoms with Crippen molar-refractivity contribution in [2.24, 2.45) is 5.92 Å². The summed E-state index contributed by atoms with van der Waals surface area (Å²) in [5.41, 5.74) is 1.17. The van der Waals surface area contributed by atoms with Gasteiger partial charge in [0.15, 0.2) is 0 Å². The molecule has 1 saturated carbocycles. The van der Waals surface area contributed by atoms with Gasteiger partial charge in [0, 0.05) is 38.9 Å². The number of carbonyl (C=O) groups is 1. The van der Waals surface area contributed by atoms with E-state index in [9.17, 15) is 4.79 Å². The van der Waals surface area contributed by atoms with Gasteiger partial charge in [-0.05, 0) is 18.8 Å². The van der Waals surface area contributed by atoms with Crippen LogP contribution in [0, 0.1) is 5.92 Å². The van der Waals surface area contributed by atoms with E-state index in [2.05, 4.69) is 14.5 Å². The van der Waals surface area contributed by atoms with Gasteiger partial charge in [0.05, 0.1) is 25.2 Å². The number of amides is 1. The van der Waals surface area contributed by atoms with E-state index in [0.717, 1.165) is 25.6 Å². The van der Waals surface area contributed by atoms with E-state index in [-0.39, 0.29) is 11.9 Å². The Hall–Kier alpha value is -1.40. The number of morpholine rings is 1. The number of rotatable bonds is 3. The van der Waals surface area contributed by atoms with Crippen LogP contribution >= 0.6 is 0 Å². The highest BCUT2D eigenvalue weighted by molar-refractivity contribution is 5.81. The van der Waals surface area contributed by atoms with Crippen LogP contribution < -0.4 is 0 Å². The first kappa shape index (κ1) is 16.1. The predicted molar refractivity (Wildman–Crippen MR) is 90.5 cm³/mol. The molecule has 1 atom stereocenters. The number of nitrogens with zero attached hydrogens (tertiary/aromatic N) is 4. The Labute approximate surface area is 143 Å². The van der Waals surface area contributed by atoms with Crippen molar-refractivity contribution < 1.29 is 9.53 Å². The number of imidazole rings is 1. The van der Waals surface area contributed by atoms with Gasteiger partial charge in [-0.15, -0.1) is 0 Å². The summed E-state index contributed by atoms with van der Waals surface area (Å²) in [6, 6.07) is -0.127. The van der Waals surface area contributed by atoms with Crippen molar-refractivity contribution in [1.29, 1.82) is 0 Å². The predicted octanol–water partition coefficient (Wildman–Crippen LogP) is 1.68. The summed E-state index contributed by atoms with van der Waals surface area (Å²) in [6.45, 7) is 5.59. The second-order valence-corrected chi connectivity index (χ2v) is 7.44. The fourth-order valence-electron chi connectivity index (χ4n) is 4.43. The van der Waals surface area contributed by atoms with Crippen LogP contribution in [0.1, 0.15) is 43.8 Å². The second kappa shape index (κ2) is 7.23. The average molecular weight is 332 g/mol. The molecule has 3 aliphatic rings. The van der Waals surface area contributed by atoms with Crippen LogP contribution in [0.3, 0.4) is 0 Å². The summed E-state index contributed by atoms with van der Waals surface area (Å²) in [5, 5.41) is 0. The molecule has 1 amide bonds. The number of ether oxygens (including phenoxy) is 1. The second-order valence-electron chi connectivity index (χ2n) is 7.44. The molecule has 3 heterocycles. The third-order valence-electron chi connectivity index (χ3n) is 5.75. The first-order chi connectivity index (χ1) is 11.8. The number of hydrogen-bond acceptors (Lipinski definition) is 4. The Morgan fingerprint density at radius 1 is 1.21 bits per heavy atom. The largest absolute Gasteiger partial charge is 0.378 e. The molecule has 2 aliphatic heterocycles. The summed E-state index contributed by atoms with van der Waals surface area (Å²) in [7, 11) is 0. The number of hydrogen-bond donors (Lipinski definition) is 0. The number of carbonyl (C=O) groups excluding carboxylic acids is 1. The van der Waals surface area contributed by atoms with Gasteiger partial charge >= 0.3 is 0 Å². The maximum absolute atomic E-state index is 13.0.